The van der Waals surface area contributed by atoms with E-state index in [0.717, 1.165) is 35.9 Å². The first-order valence-corrected chi connectivity index (χ1v) is 10.6. The Morgan fingerprint density at radius 3 is 2.41 bits per heavy atom. The molecule has 4 rings (SSSR count). The van der Waals surface area contributed by atoms with Gasteiger partial charge < -0.3 is 5.11 Å². The van der Waals surface area contributed by atoms with Crippen molar-refractivity contribution in [1.29, 1.82) is 0 Å². The van der Waals surface area contributed by atoms with Gasteiger partial charge in [-0.05, 0) is 61.2 Å². The minimum Gasteiger partial charge on any atom is -0.396 e. The molecule has 0 radical (unpaired) electrons. The Hall–Kier alpha value is -2.90. The maximum Gasteiger partial charge on any atom is 0.417 e. The molecule has 4 aromatic rings. The largest absolute Gasteiger partial charge is 0.417 e. The zero-order valence-electron chi connectivity index (χ0n) is 17.1. The molecule has 0 aliphatic heterocycles. The van der Waals surface area contributed by atoms with Gasteiger partial charge in [-0.2, -0.15) is 13.2 Å². The third-order valence-corrected chi connectivity index (χ3v) is 5.59. The maximum absolute atomic E-state index is 13.4. The van der Waals surface area contributed by atoms with Crippen molar-refractivity contribution in [2.24, 2.45) is 0 Å². The van der Waals surface area contributed by atoms with Crippen molar-refractivity contribution in [3.8, 4) is 5.69 Å². The number of hydrogen-bond donors (Lipinski definition) is 1. The van der Waals surface area contributed by atoms with Crippen molar-refractivity contribution in [2.45, 2.75) is 31.9 Å². The summed E-state index contributed by atoms with van der Waals surface area (Å²) < 4.78 is 42.0. The summed E-state index contributed by atoms with van der Waals surface area (Å²) in [6.45, 7) is 0.0436. The quantitative estimate of drug-likeness (QED) is 0.380. The summed E-state index contributed by atoms with van der Waals surface area (Å²) in [5, 5.41) is 8.79. The van der Waals surface area contributed by atoms with Gasteiger partial charge in [0.05, 0.1) is 21.6 Å². The van der Waals surface area contributed by atoms with Gasteiger partial charge in [-0.3, -0.25) is 9.55 Å². The molecule has 0 atom stereocenters. The van der Waals surface area contributed by atoms with Gasteiger partial charge in [0.25, 0.3) is 0 Å². The summed E-state index contributed by atoms with van der Waals surface area (Å²) in [6.07, 6.45) is -0.262. The van der Waals surface area contributed by atoms with Crippen molar-refractivity contribution in [3.05, 3.63) is 88.5 Å². The first-order chi connectivity index (χ1) is 15.4. The molecule has 32 heavy (non-hydrogen) atoms. The van der Waals surface area contributed by atoms with Crippen LogP contribution in [0.3, 0.4) is 0 Å². The second-order valence-corrected chi connectivity index (χ2v) is 7.90. The number of aryl methyl sites for hydroxylation is 2. The summed E-state index contributed by atoms with van der Waals surface area (Å²) in [6, 6.07) is 15.6. The molecular weight excluding hydrogens is 439 g/mol. The van der Waals surface area contributed by atoms with E-state index in [9.17, 15) is 13.2 Å². The lowest BCUT2D eigenvalue weighted by Crippen LogP contribution is -2.06. The molecule has 0 saturated carbocycles. The standard InChI is InChI=1S/C24H21ClF3N3O/c25-20-15-22-21(14-19(20)24(26,27)28)30-23(6-3-5-17-4-1-2-12-29-17)31(22)18-9-7-16(8-10-18)11-13-32/h1-2,4,7-10,12,14-15,32H,3,5-6,11,13H2. The number of imidazole rings is 1. The van der Waals surface area contributed by atoms with Gasteiger partial charge in [0.2, 0.25) is 0 Å². The molecule has 0 aliphatic rings. The molecule has 0 fully saturated rings. The van der Waals surface area contributed by atoms with Crippen LogP contribution in [0.2, 0.25) is 5.02 Å². The minimum absolute atomic E-state index is 0.0436. The molecule has 4 nitrogen and oxygen atoms in total. The molecule has 0 bridgehead atoms. The third kappa shape index (κ3) is 4.79. The van der Waals surface area contributed by atoms with Crippen LogP contribution in [0.25, 0.3) is 16.7 Å². The molecule has 2 heterocycles. The predicted octanol–water partition coefficient (Wildman–Crippen LogP) is 5.80. The van der Waals surface area contributed by atoms with Gasteiger partial charge in [-0.1, -0.05) is 29.8 Å². The van der Waals surface area contributed by atoms with Crippen LogP contribution in [0.15, 0.2) is 60.8 Å². The number of alkyl halides is 3. The van der Waals surface area contributed by atoms with Crippen LogP contribution in [0, 0.1) is 0 Å². The number of halogens is 4. The van der Waals surface area contributed by atoms with Crippen molar-refractivity contribution in [3.63, 3.8) is 0 Å². The molecular formula is C24H21ClF3N3O. The van der Waals surface area contributed by atoms with Crippen LogP contribution in [0.5, 0.6) is 0 Å². The predicted molar refractivity (Wildman–Crippen MR) is 118 cm³/mol. The van der Waals surface area contributed by atoms with Crippen molar-refractivity contribution < 1.29 is 18.3 Å². The second kappa shape index (κ2) is 9.30. The summed E-state index contributed by atoms with van der Waals surface area (Å²) in [5.74, 6) is 0.654. The second-order valence-electron chi connectivity index (χ2n) is 7.50. The topological polar surface area (TPSA) is 50.9 Å². The van der Waals surface area contributed by atoms with E-state index in [0.29, 0.717) is 24.2 Å². The van der Waals surface area contributed by atoms with E-state index in [1.807, 2.05) is 47.0 Å². The lowest BCUT2D eigenvalue weighted by molar-refractivity contribution is -0.137. The fraction of sp³-hybridized carbons (Fsp3) is 0.250. The van der Waals surface area contributed by atoms with Crippen LogP contribution in [0.1, 0.15) is 29.1 Å². The van der Waals surface area contributed by atoms with E-state index in [2.05, 4.69) is 9.97 Å². The first-order valence-electron chi connectivity index (χ1n) is 10.2. The van der Waals surface area contributed by atoms with Crippen LogP contribution < -0.4 is 0 Å². The Morgan fingerprint density at radius 2 is 1.75 bits per heavy atom. The monoisotopic (exact) mass is 459 g/mol. The summed E-state index contributed by atoms with van der Waals surface area (Å²) in [4.78, 5) is 8.86. The average molecular weight is 460 g/mol. The Morgan fingerprint density at radius 1 is 0.969 bits per heavy atom. The number of fused-ring (bicyclic) bond motifs is 1. The number of hydrogen-bond acceptors (Lipinski definition) is 3. The number of aromatic nitrogens is 3. The van der Waals surface area contributed by atoms with Crippen molar-refractivity contribution in [2.75, 3.05) is 6.61 Å². The van der Waals surface area contributed by atoms with Gasteiger partial charge in [-0.15, -0.1) is 0 Å². The molecule has 0 amide bonds. The molecule has 0 spiro atoms. The van der Waals surface area contributed by atoms with Crippen LogP contribution in [0.4, 0.5) is 13.2 Å². The van der Waals surface area contributed by atoms with E-state index in [1.54, 1.807) is 6.20 Å². The molecule has 1 N–H and O–H groups in total. The Labute approximate surface area is 188 Å². The number of nitrogens with zero attached hydrogens (tertiary/aromatic N) is 3. The minimum atomic E-state index is -4.56. The summed E-state index contributed by atoms with van der Waals surface area (Å²) in [7, 11) is 0. The van der Waals surface area contributed by atoms with Crippen LogP contribution in [-0.4, -0.2) is 26.2 Å². The molecule has 166 valence electrons. The zero-order valence-corrected chi connectivity index (χ0v) is 17.9. The first kappa shape index (κ1) is 22.3. The van der Waals surface area contributed by atoms with Gasteiger partial charge in [0.15, 0.2) is 0 Å². The van der Waals surface area contributed by atoms with Gasteiger partial charge in [0, 0.05) is 30.6 Å². The highest BCUT2D eigenvalue weighted by molar-refractivity contribution is 6.32. The van der Waals surface area contributed by atoms with E-state index in [4.69, 9.17) is 16.7 Å². The Bertz CT molecular complexity index is 1210. The number of pyridine rings is 1. The van der Waals surface area contributed by atoms with E-state index in [-0.39, 0.29) is 17.1 Å². The van der Waals surface area contributed by atoms with E-state index < -0.39 is 11.7 Å². The fourth-order valence-electron chi connectivity index (χ4n) is 3.74. The highest BCUT2D eigenvalue weighted by atomic mass is 35.5. The Kier molecular flexibility index (Phi) is 6.48. The SMILES string of the molecule is OCCc1ccc(-n2c(CCCc3ccccn3)nc3cc(C(F)(F)F)c(Cl)cc32)cc1. The molecule has 2 aromatic carbocycles. The summed E-state index contributed by atoms with van der Waals surface area (Å²) in [5.41, 5.74) is 2.56. The van der Waals surface area contributed by atoms with E-state index in [1.165, 1.54) is 6.07 Å². The molecule has 0 aliphatic carbocycles. The Balaban J connectivity index is 1.74. The van der Waals surface area contributed by atoms with Gasteiger partial charge >= 0.3 is 6.18 Å². The molecule has 2 aromatic heterocycles. The fourth-order valence-corrected chi connectivity index (χ4v) is 4.00. The van der Waals surface area contributed by atoms with Gasteiger partial charge in [0.1, 0.15) is 5.82 Å². The van der Waals surface area contributed by atoms with Crippen LogP contribution in [-0.2, 0) is 25.4 Å². The van der Waals surface area contributed by atoms with E-state index >= 15 is 0 Å². The maximum atomic E-state index is 13.4. The lowest BCUT2D eigenvalue weighted by Gasteiger charge is -2.12. The lowest BCUT2D eigenvalue weighted by atomic mass is 10.1. The average Bonchev–Trinajstić information content (AvgIpc) is 3.11. The number of aliphatic hydroxyl groups excluding tert-OH is 1. The normalized spacial score (nSPS) is 11.9. The van der Waals surface area contributed by atoms with Crippen LogP contribution >= 0.6 is 11.6 Å². The smallest absolute Gasteiger partial charge is 0.396 e. The molecule has 0 unspecified atom stereocenters. The third-order valence-electron chi connectivity index (χ3n) is 5.27. The number of benzene rings is 2. The van der Waals surface area contributed by atoms with Gasteiger partial charge in [-0.25, -0.2) is 4.98 Å². The summed E-state index contributed by atoms with van der Waals surface area (Å²) >= 11 is 6.01. The molecule has 8 heteroatoms. The highest BCUT2D eigenvalue weighted by Crippen LogP contribution is 2.38. The highest BCUT2D eigenvalue weighted by Gasteiger charge is 2.34. The zero-order chi connectivity index (χ0) is 22.7. The molecule has 0 saturated heterocycles. The van der Waals surface area contributed by atoms with Crippen molar-refractivity contribution in [1.82, 2.24) is 14.5 Å². The number of aliphatic hydroxyl groups is 1. The van der Waals surface area contributed by atoms with Crippen molar-refractivity contribution >= 4 is 22.6 Å². The number of rotatable bonds is 7.